The predicted molar refractivity (Wildman–Crippen MR) is 84.2 cm³/mol. The zero-order valence-electron chi connectivity index (χ0n) is 13.1. The summed E-state index contributed by atoms with van der Waals surface area (Å²) in [6.45, 7) is 7.40. The van der Waals surface area contributed by atoms with Crippen molar-refractivity contribution in [1.29, 1.82) is 0 Å². The summed E-state index contributed by atoms with van der Waals surface area (Å²) in [5, 5.41) is 3.16. The summed E-state index contributed by atoms with van der Waals surface area (Å²) in [5.74, 6) is 2.26. The number of pyridine rings is 1. The maximum Gasteiger partial charge on any atom is 0.224 e. The molecule has 0 bridgehead atoms. The molecule has 0 aliphatic rings. The summed E-state index contributed by atoms with van der Waals surface area (Å²) in [6.07, 6.45) is 0. The number of nitrogens with one attached hydrogen (secondary N) is 1. The molecular formula is C17H22N2O2. The first kappa shape index (κ1) is 15.3. The summed E-state index contributed by atoms with van der Waals surface area (Å²) < 4.78 is 11.4. The number of benzene rings is 1. The highest BCUT2D eigenvalue weighted by atomic mass is 16.5. The summed E-state index contributed by atoms with van der Waals surface area (Å²) in [7, 11) is 1.92. The molecule has 0 aliphatic heterocycles. The zero-order chi connectivity index (χ0) is 15.2. The highest BCUT2D eigenvalue weighted by Gasteiger charge is 2.10. The van der Waals surface area contributed by atoms with Gasteiger partial charge in [0.05, 0.1) is 6.61 Å². The molecule has 4 nitrogen and oxygen atoms in total. The first-order valence-corrected chi connectivity index (χ1v) is 7.16. The molecule has 1 N–H and O–H groups in total. The lowest BCUT2D eigenvalue weighted by atomic mass is 10.1. The molecule has 0 radical (unpaired) electrons. The molecule has 2 rings (SSSR count). The average molecular weight is 286 g/mol. The van der Waals surface area contributed by atoms with Crippen molar-refractivity contribution in [3.8, 4) is 17.4 Å². The van der Waals surface area contributed by atoms with E-state index in [1.807, 2.05) is 45.2 Å². The summed E-state index contributed by atoms with van der Waals surface area (Å²) in [4.78, 5) is 4.51. The van der Waals surface area contributed by atoms with E-state index in [4.69, 9.17) is 9.47 Å². The zero-order valence-corrected chi connectivity index (χ0v) is 13.1. The smallest absolute Gasteiger partial charge is 0.224 e. The van der Waals surface area contributed by atoms with Gasteiger partial charge in [-0.2, -0.15) is 0 Å². The van der Waals surface area contributed by atoms with Crippen LogP contribution in [-0.2, 0) is 6.54 Å². The number of aryl methyl sites for hydroxylation is 2. The first-order chi connectivity index (χ1) is 10.1. The number of rotatable bonds is 6. The van der Waals surface area contributed by atoms with Gasteiger partial charge < -0.3 is 14.8 Å². The van der Waals surface area contributed by atoms with E-state index in [1.54, 1.807) is 0 Å². The first-order valence-electron chi connectivity index (χ1n) is 7.16. The van der Waals surface area contributed by atoms with Gasteiger partial charge in [-0.3, -0.25) is 0 Å². The molecule has 1 heterocycles. The summed E-state index contributed by atoms with van der Waals surface area (Å²) >= 11 is 0. The minimum absolute atomic E-state index is 0.658. The third-order valence-electron chi connectivity index (χ3n) is 3.14. The minimum atomic E-state index is 0.658. The van der Waals surface area contributed by atoms with Crippen molar-refractivity contribution < 1.29 is 9.47 Å². The van der Waals surface area contributed by atoms with Crippen LogP contribution in [-0.4, -0.2) is 18.6 Å². The Morgan fingerprint density at radius 2 is 1.76 bits per heavy atom. The van der Waals surface area contributed by atoms with E-state index in [1.165, 1.54) is 5.56 Å². The molecule has 0 saturated carbocycles. The molecule has 0 unspecified atom stereocenters. The van der Waals surface area contributed by atoms with Crippen molar-refractivity contribution in [2.75, 3.05) is 13.7 Å². The number of nitrogens with zero attached hydrogens (tertiary/aromatic N) is 1. The highest BCUT2D eigenvalue weighted by molar-refractivity contribution is 5.40. The van der Waals surface area contributed by atoms with E-state index >= 15 is 0 Å². The van der Waals surface area contributed by atoms with Crippen LogP contribution in [0.5, 0.6) is 17.4 Å². The van der Waals surface area contributed by atoms with Gasteiger partial charge in [-0.25, -0.2) is 4.98 Å². The Bertz CT molecular complexity index is 594. The van der Waals surface area contributed by atoms with Crippen LogP contribution in [0.2, 0.25) is 0 Å². The molecule has 1 aromatic carbocycles. The quantitative estimate of drug-likeness (QED) is 0.881. The summed E-state index contributed by atoms with van der Waals surface area (Å²) in [5.41, 5.74) is 3.21. The second-order valence-corrected chi connectivity index (χ2v) is 4.90. The van der Waals surface area contributed by atoms with Crippen molar-refractivity contribution in [3.05, 3.63) is 47.2 Å². The average Bonchev–Trinajstić information content (AvgIpc) is 2.45. The fourth-order valence-electron chi connectivity index (χ4n) is 2.19. The normalized spacial score (nSPS) is 10.5. The van der Waals surface area contributed by atoms with Gasteiger partial charge in [0.2, 0.25) is 5.88 Å². The van der Waals surface area contributed by atoms with Crippen molar-refractivity contribution in [2.24, 2.45) is 0 Å². The van der Waals surface area contributed by atoms with E-state index < -0.39 is 0 Å². The predicted octanol–water partition coefficient (Wildman–Crippen LogP) is 3.61. The molecule has 0 saturated heterocycles. The number of ether oxygens (including phenoxy) is 2. The monoisotopic (exact) mass is 286 g/mol. The lowest BCUT2D eigenvalue weighted by molar-refractivity contribution is 0.339. The second kappa shape index (κ2) is 7.09. The van der Waals surface area contributed by atoms with Crippen LogP contribution in [0, 0.1) is 13.8 Å². The number of hydrogen-bond donors (Lipinski definition) is 1. The van der Waals surface area contributed by atoms with Crippen LogP contribution in [0.4, 0.5) is 0 Å². The van der Waals surface area contributed by atoms with Crippen LogP contribution in [0.3, 0.4) is 0 Å². The highest BCUT2D eigenvalue weighted by Crippen LogP contribution is 2.27. The van der Waals surface area contributed by atoms with Crippen LogP contribution >= 0.6 is 0 Å². The molecular weight excluding hydrogens is 264 g/mol. The van der Waals surface area contributed by atoms with Crippen LogP contribution < -0.4 is 14.8 Å². The van der Waals surface area contributed by atoms with Crippen molar-refractivity contribution in [2.45, 2.75) is 27.3 Å². The largest absolute Gasteiger partial charge is 0.494 e. The molecule has 4 heteroatoms. The minimum Gasteiger partial charge on any atom is -0.494 e. The van der Waals surface area contributed by atoms with Crippen LogP contribution in [0.15, 0.2) is 30.3 Å². The lowest BCUT2D eigenvalue weighted by Crippen LogP contribution is -2.09. The molecule has 0 fully saturated rings. The van der Waals surface area contributed by atoms with Gasteiger partial charge in [0, 0.05) is 17.8 Å². The fraction of sp³-hybridized carbons (Fsp3) is 0.353. The van der Waals surface area contributed by atoms with Gasteiger partial charge in [0.25, 0.3) is 0 Å². The van der Waals surface area contributed by atoms with Crippen LogP contribution in [0.25, 0.3) is 0 Å². The van der Waals surface area contributed by atoms with E-state index in [2.05, 4.69) is 23.3 Å². The van der Waals surface area contributed by atoms with E-state index in [-0.39, 0.29) is 0 Å². The van der Waals surface area contributed by atoms with E-state index in [0.29, 0.717) is 12.5 Å². The summed E-state index contributed by atoms with van der Waals surface area (Å²) in [6, 6.07) is 9.66. The Morgan fingerprint density at radius 1 is 1.10 bits per heavy atom. The van der Waals surface area contributed by atoms with Crippen LogP contribution in [0.1, 0.15) is 23.7 Å². The second-order valence-electron chi connectivity index (χ2n) is 4.90. The topological polar surface area (TPSA) is 43.4 Å². The molecule has 21 heavy (non-hydrogen) atoms. The number of aromatic nitrogens is 1. The van der Waals surface area contributed by atoms with Gasteiger partial charge in [-0.05, 0) is 63.7 Å². The maximum absolute atomic E-state index is 5.95. The Morgan fingerprint density at radius 3 is 2.38 bits per heavy atom. The molecule has 1 aromatic heterocycles. The third kappa shape index (κ3) is 3.95. The Hall–Kier alpha value is -2.07. The fourth-order valence-corrected chi connectivity index (χ4v) is 2.19. The molecule has 0 atom stereocenters. The molecule has 112 valence electrons. The van der Waals surface area contributed by atoms with Gasteiger partial charge in [0.15, 0.2) is 0 Å². The molecule has 0 amide bonds. The van der Waals surface area contributed by atoms with Gasteiger partial charge >= 0.3 is 0 Å². The van der Waals surface area contributed by atoms with Crippen molar-refractivity contribution in [1.82, 2.24) is 10.3 Å². The molecule has 0 aliphatic carbocycles. The Kier molecular flexibility index (Phi) is 5.17. The third-order valence-corrected chi connectivity index (χ3v) is 3.14. The van der Waals surface area contributed by atoms with E-state index in [9.17, 15) is 0 Å². The Balaban J connectivity index is 2.25. The van der Waals surface area contributed by atoms with Gasteiger partial charge in [-0.1, -0.05) is 0 Å². The number of hydrogen-bond acceptors (Lipinski definition) is 4. The molecule has 0 spiro atoms. The maximum atomic E-state index is 5.95. The van der Waals surface area contributed by atoms with Crippen molar-refractivity contribution >= 4 is 0 Å². The van der Waals surface area contributed by atoms with Gasteiger partial charge in [0.1, 0.15) is 11.5 Å². The SMILES string of the molecule is CCOc1ccc(Oc2nc(C)cc(C)c2CNC)cc1. The standard InChI is InChI=1S/C17H22N2O2/c1-5-20-14-6-8-15(9-7-14)21-17-16(11-18-4)12(2)10-13(3)19-17/h6-10,18H,5,11H2,1-4H3. The molecule has 2 aromatic rings. The Labute approximate surface area is 126 Å². The van der Waals surface area contributed by atoms with Crippen molar-refractivity contribution in [3.63, 3.8) is 0 Å². The van der Waals surface area contributed by atoms with E-state index in [0.717, 1.165) is 29.3 Å². The van der Waals surface area contributed by atoms with Gasteiger partial charge in [-0.15, -0.1) is 0 Å². The lowest BCUT2D eigenvalue weighted by Gasteiger charge is -2.14.